The fourth-order valence-corrected chi connectivity index (χ4v) is 1.53. The zero-order valence-corrected chi connectivity index (χ0v) is 9.64. The molecule has 0 aliphatic heterocycles. The number of carboxylic acids is 1. The zero-order valence-electron chi connectivity index (χ0n) is 9.64. The van der Waals surface area contributed by atoms with E-state index in [0.29, 0.717) is 5.92 Å². The summed E-state index contributed by atoms with van der Waals surface area (Å²) in [6.45, 7) is 11.9. The van der Waals surface area contributed by atoms with Gasteiger partial charge < -0.3 is 5.11 Å². The highest BCUT2D eigenvalue weighted by Gasteiger charge is 2.44. The van der Waals surface area contributed by atoms with Crippen molar-refractivity contribution in [2.45, 2.75) is 48.0 Å². The molecule has 78 valence electrons. The first-order valence-corrected chi connectivity index (χ1v) is 4.84. The molecule has 0 fully saturated rings. The second-order valence-corrected chi connectivity index (χ2v) is 5.49. The molecule has 0 bridgehead atoms. The summed E-state index contributed by atoms with van der Waals surface area (Å²) in [6, 6.07) is 0. The monoisotopic (exact) mass is 186 g/mol. The molecule has 0 rings (SSSR count). The standard InChI is InChI=1S/C11H22O2/c1-8(2)7-11(6,9(12)13)10(3,4)5/h8H,7H2,1-6H3,(H,12,13). The predicted molar refractivity (Wildman–Crippen MR) is 54.7 cm³/mol. The van der Waals surface area contributed by atoms with E-state index >= 15 is 0 Å². The lowest BCUT2D eigenvalue weighted by atomic mass is 9.64. The minimum Gasteiger partial charge on any atom is -0.481 e. The summed E-state index contributed by atoms with van der Waals surface area (Å²) in [7, 11) is 0. The van der Waals surface area contributed by atoms with E-state index in [-0.39, 0.29) is 5.41 Å². The van der Waals surface area contributed by atoms with Gasteiger partial charge in [0.05, 0.1) is 5.41 Å². The van der Waals surface area contributed by atoms with E-state index in [0.717, 1.165) is 6.42 Å². The molecule has 2 heteroatoms. The largest absolute Gasteiger partial charge is 0.481 e. The molecule has 2 nitrogen and oxygen atoms in total. The van der Waals surface area contributed by atoms with Gasteiger partial charge in [0, 0.05) is 0 Å². The molecular formula is C11H22O2. The van der Waals surface area contributed by atoms with Crippen LogP contribution in [0.25, 0.3) is 0 Å². The molecule has 0 amide bonds. The SMILES string of the molecule is CC(C)CC(C)(C(=O)O)C(C)(C)C. The van der Waals surface area contributed by atoms with Crippen molar-refractivity contribution in [1.29, 1.82) is 0 Å². The van der Waals surface area contributed by atoms with Crippen LogP contribution in [0.5, 0.6) is 0 Å². The molecule has 0 aromatic heterocycles. The third-order valence-electron chi connectivity index (χ3n) is 2.94. The van der Waals surface area contributed by atoms with Crippen LogP contribution in [0.15, 0.2) is 0 Å². The van der Waals surface area contributed by atoms with Gasteiger partial charge in [0.25, 0.3) is 0 Å². The van der Waals surface area contributed by atoms with Crippen LogP contribution in [-0.2, 0) is 4.79 Å². The third-order valence-corrected chi connectivity index (χ3v) is 2.94. The maximum absolute atomic E-state index is 11.2. The maximum Gasteiger partial charge on any atom is 0.309 e. The van der Waals surface area contributed by atoms with Crippen molar-refractivity contribution >= 4 is 5.97 Å². The normalized spacial score (nSPS) is 17.2. The van der Waals surface area contributed by atoms with Crippen LogP contribution in [0.4, 0.5) is 0 Å². The van der Waals surface area contributed by atoms with Crippen LogP contribution < -0.4 is 0 Å². The third kappa shape index (κ3) is 2.71. The lowest BCUT2D eigenvalue weighted by molar-refractivity contribution is -0.156. The molecule has 1 N–H and O–H groups in total. The first kappa shape index (κ1) is 12.5. The van der Waals surface area contributed by atoms with Gasteiger partial charge in [-0.2, -0.15) is 0 Å². The lowest BCUT2D eigenvalue weighted by Gasteiger charge is -2.39. The Morgan fingerprint density at radius 2 is 1.62 bits per heavy atom. The number of carboxylic acid groups (broad SMARTS) is 1. The van der Waals surface area contributed by atoms with E-state index in [2.05, 4.69) is 13.8 Å². The summed E-state index contributed by atoms with van der Waals surface area (Å²) < 4.78 is 0. The van der Waals surface area contributed by atoms with Crippen molar-refractivity contribution in [3.8, 4) is 0 Å². The highest BCUT2D eigenvalue weighted by atomic mass is 16.4. The Morgan fingerprint density at radius 1 is 1.23 bits per heavy atom. The number of aliphatic carboxylic acids is 1. The minimum atomic E-state index is -0.686. The van der Waals surface area contributed by atoms with Gasteiger partial charge in [0.2, 0.25) is 0 Å². The number of carbonyl (C=O) groups is 1. The first-order valence-electron chi connectivity index (χ1n) is 4.84. The summed E-state index contributed by atoms with van der Waals surface area (Å²) in [5.41, 5.74) is -0.815. The summed E-state index contributed by atoms with van der Waals surface area (Å²) in [5, 5.41) is 9.22. The van der Waals surface area contributed by atoms with E-state index in [1.54, 1.807) is 0 Å². The van der Waals surface area contributed by atoms with Crippen LogP contribution in [0.2, 0.25) is 0 Å². The van der Waals surface area contributed by atoms with Crippen molar-refractivity contribution in [3.05, 3.63) is 0 Å². The molecule has 0 saturated heterocycles. The van der Waals surface area contributed by atoms with Gasteiger partial charge in [0.1, 0.15) is 0 Å². The van der Waals surface area contributed by atoms with Gasteiger partial charge in [-0.1, -0.05) is 34.6 Å². The highest BCUT2D eigenvalue weighted by molar-refractivity contribution is 5.75. The molecule has 0 aromatic rings. The van der Waals surface area contributed by atoms with Crippen molar-refractivity contribution in [3.63, 3.8) is 0 Å². The van der Waals surface area contributed by atoms with Crippen molar-refractivity contribution in [2.75, 3.05) is 0 Å². The highest BCUT2D eigenvalue weighted by Crippen LogP contribution is 2.43. The Hall–Kier alpha value is -0.530. The zero-order chi connectivity index (χ0) is 10.9. The number of hydrogen-bond donors (Lipinski definition) is 1. The molecule has 1 atom stereocenters. The van der Waals surface area contributed by atoms with Crippen molar-refractivity contribution in [2.24, 2.45) is 16.7 Å². The molecule has 0 aliphatic rings. The van der Waals surface area contributed by atoms with Crippen LogP contribution in [0.1, 0.15) is 48.0 Å². The van der Waals surface area contributed by atoms with Gasteiger partial charge in [-0.3, -0.25) is 4.79 Å². The topological polar surface area (TPSA) is 37.3 Å². The molecule has 0 aliphatic carbocycles. The molecule has 0 radical (unpaired) electrons. The average Bonchev–Trinajstić information content (AvgIpc) is 1.82. The maximum atomic E-state index is 11.2. The predicted octanol–water partition coefficient (Wildman–Crippen LogP) is 3.17. The molecule has 0 saturated carbocycles. The Labute approximate surface area is 81.3 Å². The van der Waals surface area contributed by atoms with Crippen LogP contribution >= 0.6 is 0 Å². The lowest BCUT2D eigenvalue weighted by Crippen LogP contribution is -2.41. The van der Waals surface area contributed by atoms with E-state index < -0.39 is 11.4 Å². The summed E-state index contributed by atoms with van der Waals surface area (Å²) >= 11 is 0. The van der Waals surface area contributed by atoms with Crippen LogP contribution in [0.3, 0.4) is 0 Å². The van der Waals surface area contributed by atoms with E-state index in [9.17, 15) is 9.90 Å². The van der Waals surface area contributed by atoms with Gasteiger partial charge >= 0.3 is 5.97 Å². The van der Waals surface area contributed by atoms with Crippen molar-refractivity contribution < 1.29 is 9.90 Å². The second-order valence-electron chi connectivity index (χ2n) is 5.49. The van der Waals surface area contributed by atoms with Crippen molar-refractivity contribution in [1.82, 2.24) is 0 Å². The molecular weight excluding hydrogens is 164 g/mol. The molecule has 13 heavy (non-hydrogen) atoms. The fraction of sp³-hybridized carbons (Fsp3) is 0.909. The summed E-state index contributed by atoms with van der Waals surface area (Å²) in [4.78, 5) is 11.2. The average molecular weight is 186 g/mol. The van der Waals surface area contributed by atoms with Gasteiger partial charge in [-0.15, -0.1) is 0 Å². The van der Waals surface area contributed by atoms with E-state index in [4.69, 9.17) is 0 Å². The van der Waals surface area contributed by atoms with Crippen LogP contribution in [-0.4, -0.2) is 11.1 Å². The van der Waals surface area contributed by atoms with Gasteiger partial charge in [0.15, 0.2) is 0 Å². The van der Waals surface area contributed by atoms with Gasteiger partial charge in [-0.05, 0) is 24.7 Å². The fourth-order valence-electron chi connectivity index (χ4n) is 1.53. The number of rotatable bonds is 3. The van der Waals surface area contributed by atoms with Crippen LogP contribution in [0, 0.1) is 16.7 Å². The van der Waals surface area contributed by atoms with Gasteiger partial charge in [-0.25, -0.2) is 0 Å². The quantitative estimate of drug-likeness (QED) is 0.735. The second kappa shape index (κ2) is 3.69. The molecule has 0 spiro atoms. The molecule has 0 aromatic carbocycles. The Balaban J connectivity index is 4.85. The molecule has 0 heterocycles. The smallest absolute Gasteiger partial charge is 0.309 e. The first-order chi connectivity index (χ1) is 5.61. The molecule has 1 unspecified atom stereocenters. The van der Waals surface area contributed by atoms with E-state index in [1.165, 1.54) is 0 Å². The Morgan fingerprint density at radius 3 is 1.69 bits per heavy atom. The summed E-state index contributed by atoms with van der Waals surface area (Å²) in [6.07, 6.45) is 0.728. The minimum absolute atomic E-state index is 0.191. The Bertz CT molecular complexity index is 189. The number of hydrogen-bond acceptors (Lipinski definition) is 1. The Kier molecular flexibility index (Phi) is 3.54. The summed E-state index contributed by atoms with van der Waals surface area (Å²) in [5.74, 6) is -0.269. The van der Waals surface area contributed by atoms with E-state index in [1.807, 2.05) is 27.7 Å².